The van der Waals surface area contributed by atoms with Crippen molar-refractivity contribution in [3.05, 3.63) is 29.1 Å². The van der Waals surface area contributed by atoms with Gasteiger partial charge in [0.05, 0.1) is 0 Å². The van der Waals surface area contributed by atoms with E-state index in [1.165, 1.54) is 19.9 Å². The van der Waals surface area contributed by atoms with Crippen LogP contribution in [0.15, 0.2) is 17.0 Å². The Hall–Kier alpha value is -0.710. The van der Waals surface area contributed by atoms with Gasteiger partial charge in [0, 0.05) is 4.90 Å². The maximum absolute atomic E-state index is 12.9. The van der Waals surface area contributed by atoms with Crippen LogP contribution in [0.3, 0.4) is 0 Å². The summed E-state index contributed by atoms with van der Waals surface area (Å²) in [7, 11) is 0. The molecule has 0 spiro atoms. The largest absolute Gasteiger partial charge is 0.446 e. The predicted octanol–water partition coefficient (Wildman–Crippen LogP) is 4.05. The Morgan fingerprint density at radius 2 is 1.64 bits per heavy atom. The molecule has 14 heavy (non-hydrogen) atoms. The van der Waals surface area contributed by atoms with E-state index in [1.807, 2.05) is 0 Å². The van der Waals surface area contributed by atoms with E-state index in [4.69, 9.17) is 0 Å². The number of thioether (sulfide) groups is 1. The standard InChI is InChI=1S/C9H8F4S/c1-5-4-8(14-9(11,12)13)6(2)3-7(5)10/h3-4H,1-2H3. The molecule has 0 nitrogen and oxygen atoms in total. The Kier molecular flexibility index (Phi) is 3.09. The molecule has 0 aliphatic rings. The molecule has 0 aliphatic carbocycles. The Morgan fingerprint density at radius 3 is 2.14 bits per heavy atom. The SMILES string of the molecule is Cc1cc(SC(F)(F)F)c(C)cc1F. The number of rotatable bonds is 1. The first-order chi connectivity index (χ1) is 6.29. The Balaban J connectivity index is 3.04. The zero-order valence-electron chi connectivity index (χ0n) is 7.57. The molecule has 5 heteroatoms. The number of benzene rings is 1. The highest BCUT2D eigenvalue weighted by molar-refractivity contribution is 8.00. The minimum atomic E-state index is -4.32. The minimum absolute atomic E-state index is 0.0522. The van der Waals surface area contributed by atoms with Crippen molar-refractivity contribution in [2.45, 2.75) is 24.3 Å². The quantitative estimate of drug-likeness (QED) is 0.512. The summed E-state index contributed by atoms with van der Waals surface area (Å²) in [6.07, 6.45) is 0. The van der Waals surface area contributed by atoms with Crippen molar-refractivity contribution in [1.82, 2.24) is 0 Å². The zero-order chi connectivity index (χ0) is 10.9. The van der Waals surface area contributed by atoms with Crippen molar-refractivity contribution in [2.24, 2.45) is 0 Å². The molecule has 0 unspecified atom stereocenters. The second kappa shape index (κ2) is 3.81. The van der Waals surface area contributed by atoms with Gasteiger partial charge in [0.2, 0.25) is 0 Å². The summed E-state index contributed by atoms with van der Waals surface area (Å²) in [5, 5.41) is 0. The minimum Gasteiger partial charge on any atom is -0.207 e. The van der Waals surface area contributed by atoms with Gasteiger partial charge in [0.1, 0.15) is 5.82 Å². The summed E-state index contributed by atoms with van der Waals surface area (Å²) in [6.45, 7) is 2.89. The van der Waals surface area contributed by atoms with E-state index < -0.39 is 11.3 Å². The molecule has 0 bridgehead atoms. The fraction of sp³-hybridized carbons (Fsp3) is 0.333. The van der Waals surface area contributed by atoms with E-state index in [9.17, 15) is 17.6 Å². The van der Waals surface area contributed by atoms with Crippen LogP contribution in [0.4, 0.5) is 17.6 Å². The zero-order valence-corrected chi connectivity index (χ0v) is 8.39. The van der Waals surface area contributed by atoms with Crippen LogP contribution in [-0.2, 0) is 0 Å². The molecule has 0 saturated heterocycles. The van der Waals surface area contributed by atoms with Crippen LogP contribution in [0.5, 0.6) is 0 Å². The molecule has 0 fully saturated rings. The van der Waals surface area contributed by atoms with Gasteiger partial charge < -0.3 is 0 Å². The third-order valence-electron chi connectivity index (χ3n) is 1.68. The lowest BCUT2D eigenvalue weighted by Gasteiger charge is -2.09. The van der Waals surface area contributed by atoms with E-state index in [2.05, 4.69) is 0 Å². The Labute approximate surface area is 83.3 Å². The van der Waals surface area contributed by atoms with Crippen molar-refractivity contribution in [3.8, 4) is 0 Å². The van der Waals surface area contributed by atoms with Gasteiger partial charge in [-0.2, -0.15) is 13.2 Å². The molecular weight excluding hydrogens is 216 g/mol. The number of hydrogen-bond acceptors (Lipinski definition) is 1. The van der Waals surface area contributed by atoms with Gasteiger partial charge in [0.25, 0.3) is 0 Å². The topological polar surface area (TPSA) is 0 Å². The van der Waals surface area contributed by atoms with Crippen LogP contribution in [-0.4, -0.2) is 5.51 Å². The third kappa shape index (κ3) is 2.90. The summed E-state index contributed by atoms with van der Waals surface area (Å²) in [5.41, 5.74) is -3.80. The lowest BCUT2D eigenvalue weighted by atomic mass is 10.1. The van der Waals surface area contributed by atoms with Crippen molar-refractivity contribution in [3.63, 3.8) is 0 Å². The summed E-state index contributed by atoms with van der Waals surface area (Å²) in [6, 6.07) is 2.33. The molecule has 0 N–H and O–H groups in total. The van der Waals surface area contributed by atoms with E-state index in [0.29, 0.717) is 5.56 Å². The first-order valence-electron chi connectivity index (χ1n) is 3.82. The third-order valence-corrected chi connectivity index (χ3v) is 2.57. The predicted molar refractivity (Wildman–Crippen MR) is 47.8 cm³/mol. The Morgan fingerprint density at radius 1 is 1.07 bits per heavy atom. The first kappa shape index (κ1) is 11.4. The van der Waals surface area contributed by atoms with Crippen molar-refractivity contribution in [1.29, 1.82) is 0 Å². The lowest BCUT2D eigenvalue weighted by molar-refractivity contribution is -0.0328. The van der Waals surface area contributed by atoms with Gasteiger partial charge in [-0.1, -0.05) is 0 Å². The molecule has 0 heterocycles. The van der Waals surface area contributed by atoms with Crippen molar-refractivity contribution >= 4 is 11.8 Å². The average Bonchev–Trinajstić information content (AvgIpc) is 1.97. The fourth-order valence-corrected chi connectivity index (χ4v) is 1.69. The van der Waals surface area contributed by atoms with Crippen molar-refractivity contribution in [2.75, 3.05) is 0 Å². The highest BCUT2D eigenvalue weighted by atomic mass is 32.2. The summed E-state index contributed by atoms with van der Waals surface area (Å²) < 4.78 is 49.0. The van der Waals surface area contributed by atoms with Crippen LogP contribution < -0.4 is 0 Å². The highest BCUT2D eigenvalue weighted by Crippen LogP contribution is 2.38. The summed E-state index contributed by atoms with van der Waals surface area (Å²) >= 11 is -0.216. The molecule has 1 aromatic rings. The average molecular weight is 224 g/mol. The summed E-state index contributed by atoms with van der Waals surface area (Å²) in [5.74, 6) is -0.478. The van der Waals surface area contributed by atoms with Gasteiger partial charge in [0.15, 0.2) is 0 Å². The molecule has 0 aliphatic heterocycles. The van der Waals surface area contributed by atoms with Crippen molar-refractivity contribution < 1.29 is 17.6 Å². The van der Waals surface area contributed by atoms with E-state index >= 15 is 0 Å². The normalized spacial score (nSPS) is 11.9. The maximum Gasteiger partial charge on any atom is 0.446 e. The molecular formula is C9H8F4S. The number of halogens is 4. The number of hydrogen-bond donors (Lipinski definition) is 0. The second-order valence-corrected chi connectivity index (χ2v) is 4.02. The maximum atomic E-state index is 12.9. The van der Waals surface area contributed by atoms with E-state index in [-0.39, 0.29) is 22.2 Å². The Bertz CT molecular complexity index is 343. The highest BCUT2D eigenvalue weighted by Gasteiger charge is 2.30. The lowest BCUT2D eigenvalue weighted by Crippen LogP contribution is -2.00. The number of aryl methyl sites for hydroxylation is 2. The fourth-order valence-electron chi connectivity index (χ4n) is 0.989. The van der Waals surface area contributed by atoms with Crippen LogP contribution in [0, 0.1) is 19.7 Å². The first-order valence-corrected chi connectivity index (χ1v) is 4.64. The van der Waals surface area contributed by atoms with Gasteiger partial charge in [-0.25, -0.2) is 4.39 Å². The van der Waals surface area contributed by atoms with Crippen LogP contribution in [0.25, 0.3) is 0 Å². The van der Waals surface area contributed by atoms with E-state index in [0.717, 1.165) is 6.07 Å². The van der Waals surface area contributed by atoms with Gasteiger partial charge in [-0.15, -0.1) is 0 Å². The van der Waals surface area contributed by atoms with Gasteiger partial charge in [-0.05, 0) is 48.9 Å². The van der Waals surface area contributed by atoms with Gasteiger partial charge in [-0.3, -0.25) is 0 Å². The molecule has 0 aromatic heterocycles. The smallest absolute Gasteiger partial charge is 0.207 e. The molecule has 78 valence electrons. The molecule has 0 saturated carbocycles. The molecule has 0 atom stereocenters. The number of alkyl halides is 3. The molecule has 0 amide bonds. The van der Waals surface area contributed by atoms with Gasteiger partial charge >= 0.3 is 5.51 Å². The molecule has 0 radical (unpaired) electrons. The van der Waals surface area contributed by atoms with Crippen LogP contribution in [0.2, 0.25) is 0 Å². The summed E-state index contributed by atoms with van der Waals surface area (Å²) in [4.78, 5) is 0.0522. The monoisotopic (exact) mass is 224 g/mol. The molecule has 1 rings (SSSR count). The van der Waals surface area contributed by atoms with Crippen LogP contribution in [0.1, 0.15) is 11.1 Å². The molecule has 1 aromatic carbocycles. The van der Waals surface area contributed by atoms with E-state index in [1.54, 1.807) is 0 Å². The second-order valence-electron chi connectivity index (χ2n) is 2.91. The van der Waals surface area contributed by atoms with Crippen LogP contribution >= 0.6 is 11.8 Å².